The SMILES string of the molecule is CC(C)NC(=O)C(C)Nc1cnn(C(C)C)c(=O)c1Cl. The number of carbonyl (C=O) groups is 1. The number of rotatable bonds is 5. The van der Waals surface area contributed by atoms with Gasteiger partial charge in [0.05, 0.1) is 17.9 Å². The van der Waals surface area contributed by atoms with Crippen LogP contribution in [0.2, 0.25) is 5.02 Å². The molecular weight excluding hydrogens is 280 g/mol. The molecule has 1 aromatic rings. The maximum atomic E-state index is 12.0. The summed E-state index contributed by atoms with van der Waals surface area (Å²) in [4.78, 5) is 23.8. The zero-order valence-corrected chi connectivity index (χ0v) is 13.2. The highest BCUT2D eigenvalue weighted by Gasteiger charge is 2.17. The van der Waals surface area contributed by atoms with Gasteiger partial charge < -0.3 is 10.6 Å². The van der Waals surface area contributed by atoms with Crippen molar-refractivity contribution in [3.8, 4) is 0 Å². The van der Waals surface area contributed by atoms with E-state index in [1.54, 1.807) is 6.92 Å². The molecule has 0 bridgehead atoms. The molecule has 0 aromatic carbocycles. The molecular formula is C13H21ClN4O2. The largest absolute Gasteiger partial charge is 0.371 e. The van der Waals surface area contributed by atoms with E-state index < -0.39 is 6.04 Å². The zero-order valence-electron chi connectivity index (χ0n) is 12.4. The highest BCUT2D eigenvalue weighted by Crippen LogP contribution is 2.17. The fourth-order valence-electron chi connectivity index (χ4n) is 1.62. The van der Waals surface area contributed by atoms with Gasteiger partial charge in [-0.1, -0.05) is 11.6 Å². The first kappa shape index (κ1) is 16.5. The van der Waals surface area contributed by atoms with Gasteiger partial charge >= 0.3 is 0 Å². The van der Waals surface area contributed by atoms with Crippen molar-refractivity contribution >= 4 is 23.2 Å². The average molecular weight is 301 g/mol. The Morgan fingerprint density at radius 3 is 2.40 bits per heavy atom. The van der Waals surface area contributed by atoms with E-state index in [0.717, 1.165) is 0 Å². The molecule has 6 nitrogen and oxygen atoms in total. The van der Waals surface area contributed by atoms with Gasteiger partial charge in [0.1, 0.15) is 11.1 Å². The zero-order chi connectivity index (χ0) is 15.4. The second kappa shape index (κ2) is 6.74. The molecule has 20 heavy (non-hydrogen) atoms. The lowest BCUT2D eigenvalue weighted by Crippen LogP contribution is -2.41. The maximum Gasteiger partial charge on any atom is 0.287 e. The molecule has 1 amide bonds. The average Bonchev–Trinajstić information content (AvgIpc) is 2.33. The molecule has 1 unspecified atom stereocenters. The Bertz CT molecular complexity index is 540. The van der Waals surface area contributed by atoms with Crippen molar-refractivity contribution in [1.29, 1.82) is 0 Å². The molecule has 7 heteroatoms. The molecule has 0 spiro atoms. The Balaban J connectivity index is 2.92. The first-order chi connectivity index (χ1) is 9.23. The molecule has 0 aliphatic heterocycles. The second-order valence-electron chi connectivity index (χ2n) is 5.25. The lowest BCUT2D eigenvalue weighted by Gasteiger charge is -2.18. The Kier molecular flexibility index (Phi) is 5.56. The number of amides is 1. The molecule has 0 fully saturated rings. The number of nitrogens with zero attached hydrogens (tertiary/aromatic N) is 2. The number of aromatic nitrogens is 2. The maximum absolute atomic E-state index is 12.0. The number of anilines is 1. The van der Waals surface area contributed by atoms with Gasteiger partial charge in [0.2, 0.25) is 5.91 Å². The first-order valence-corrected chi connectivity index (χ1v) is 6.96. The Morgan fingerprint density at radius 1 is 1.30 bits per heavy atom. The van der Waals surface area contributed by atoms with Crippen LogP contribution in [0.4, 0.5) is 5.69 Å². The number of hydrogen-bond acceptors (Lipinski definition) is 4. The Morgan fingerprint density at radius 2 is 1.90 bits per heavy atom. The normalized spacial score (nSPS) is 12.6. The van der Waals surface area contributed by atoms with Crippen LogP contribution in [0, 0.1) is 0 Å². The van der Waals surface area contributed by atoms with Gasteiger partial charge in [-0.2, -0.15) is 5.10 Å². The molecule has 1 heterocycles. The van der Waals surface area contributed by atoms with Crippen LogP contribution in [0.25, 0.3) is 0 Å². The van der Waals surface area contributed by atoms with Crippen LogP contribution in [-0.4, -0.2) is 27.8 Å². The minimum Gasteiger partial charge on any atom is -0.371 e. The molecule has 112 valence electrons. The third-order valence-electron chi connectivity index (χ3n) is 2.63. The van der Waals surface area contributed by atoms with Crippen molar-refractivity contribution < 1.29 is 4.79 Å². The Labute approximate surface area is 123 Å². The Hall–Kier alpha value is -1.56. The van der Waals surface area contributed by atoms with Gasteiger partial charge in [-0.3, -0.25) is 9.59 Å². The van der Waals surface area contributed by atoms with Crippen LogP contribution >= 0.6 is 11.6 Å². The fraction of sp³-hybridized carbons (Fsp3) is 0.615. The highest BCUT2D eigenvalue weighted by atomic mass is 35.5. The van der Waals surface area contributed by atoms with E-state index in [-0.39, 0.29) is 28.6 Å². The van der Waals surface area contributed by atoms with Gasteiger partial charge in [-0.25, -0.2) is 4.68 Å². The van der Waals surface area contributed by atoms with Gasteiger partial charge in [0.25, 0.3) is 5.56 Å². The number of hydrogen-bond donors (Lipinski definition) is 2. The van der Waals surface area contributed by atoms with E-state index in [1.165, 1.54) is 10.9 Å². The van der Waals surface area contributed by atoms with Crippen molar-refractivity contribution in [2.45, 2.75) is 52.7 Å². The van der Waals surface area contributed by atoms with Crippen LogP contribution in [0.5, 0.6) is 0 Å². The molecule has 0 radical (unpaired) electrons. The van der Waals surface area contributed by atoms with Crippen LogP contribution in [0.3, 0.4) is 0 Å². The summed E-state index contributed by atoms with van der Waals surface area (Å²) in [5, 5.41) is 9.76. The fourth-order valence-corrected chi connectivity index (χ4v) is 1.81. The minimum atomic E-state index is -0.508. The summed E-state index contributed by atoms with van der Waals surface area (Å²) in [6.07, 6.45) is 1.46. The van der Waals surface area contributed by atoms with Crippen LogP contribution in [0.15, 0.2) is 11.0 Å². The third-order valence-corrected chi connectivity index (χ3v) is 2.99. The molecule has 0 aliphatic carbocycles. The summed E-state index contributed by atoms with van der Waals surface area (Å²) < 4.78 is 1.30. The lowest BCUT2D eigenvalue weighted by atomic mass is 10.2. The van der Waals surface area contributed by atoms with Crippen LogP contribution in [0.1, 0.15) is 40.7 Å². The molecule has 0 aliphatic rings. The monoisotopic (exact) mass is 300 g/mol. The summed E-state index contributed by atoms with van der Waals surface area (Å²) in [7, 11) is 0. The van der Waals surface area contributed by atoms with Gasteiger partial charge in [0.15, 0.2) is 0 Å². The van der Waals surface area contributed by atoms with E-state index in [9.17, 15) is 9.59 Å². The standard InChI is InChI=1S/C13H21ClN4O2/c1-7(2)16-12(19)9(5)17-10-6-15-18(8(3)4)13(20)11(10)14/h6-9,17H,1-5H3,(H,16,19). The summed E-state index contributed by atoms with van der Waals surface area (Å²) in [5.74, 6) is -0.163. The smallest absolute Gasteiger partial charge is 0.287 e. The first-order valence-electron chi connectivity index (χ1n) is 6.58. The van der Waals surface area contributed by atoms with Crippen molar-refractivity contribution in [3.63, 3.8) is 0 Å². The second-order valence-corrected chi connectivity index (χ2v) is 5.62. The molecule has 0 saturated heterocycles. The predicted octanol–water partition coefficient (Wildman–Crippen LogP) is 1.80. The quantitative estimate of drug-likeness (QED) is 0.869. The third kappa shape index (κ3) is 3.96. The van der Waals surface area contributed by atoms with Crippen molar-refractivity contribution in [2.24, 2.45) is 0 Å². The van der Waals surface area contributed by atoms with Gasteiger partial charge in [0, 0.05) is 6.04 Å². The summed E-state index contributed by atoms with van der Waals surface area (Å²) in [6, 6.07) is -0.531. The van der Waals surface area contributed by atoms with Crippen molar-refractivity contribution in [2.75, 3.05) is 5.32 Å². The number of nitrogens with one attached hydrogen (secondary N) is 2. The van der Waals surface area contributed by atoms with E-state index in [0.29, 0.717) is 5.69 Å². The predicted molar refractivity (Wildman–Crippen MR) is 80.3 cm³/mol. The molecule has 1 rings (SSSR count). The topological polar surface area (TPSA) is 76.0 Å². The minimum absolute atomic E-state index is 0.0397. The molecule has 2 N–H and O–H groups in total. The van der Waals surface area contributed by atoms with E-state index >= 15 is 0 Å². The van der Waals surface area contributed by atoms with Crippen LogP contribution in [-0.2, 0) is 4.79 Å². The number of halogens is 1. The van der Waals surface area contributed by atoms with Gasteiger partial charge in [-0.05, 0) is 34.6 Å². The number of carbonyl (C=O) groups excluding carboxylic acids is 1. The highest BCUT2D eigenvalue weighted by molar-refractivity contribution is 6.33. The van der Waals surface area contributed by atoms with Crippen molar-refractivity contribution in [3.05, 3.63) is 21.6 Å². The van der Waals surface area contributed by atoms with E-state index in [2.05, 4.69) is 15.7 Å². The van der Waals surface area contributed by atoms with Gasteiger partial charge in [-0.15, -0.1) is 0 Å². The molecule has 0 saturated carbocycles. The summed E-state index contributed by atoms with van der Waals surface area (Å²) >= 11 is 6.03. The van der Waals surface area contributed by atoms with Crippen LogP contribution < -0.4 is 16.2 Å². The summed E-state index contributed by atoms with van der Waals surface area (Å²) in [5.41, 5.74) is -0.0110. The van der Waals surface area contributed by atoms with E-state index in [4.69, 9.17) is 11.6 Å². The van der Waals surface area contributed by atoms with Crippen molar-refractivity contribution in [1.82, 2.24) is 15.1 Å². The lowest BCUT2D eigenvalue weighted by molar-refractivity contribution is -0.122. The molecule has 1 aromatic heterocycles. The summed E-state index contributed by atoms with van der Waals surface area (Å²) in [6.45, 7) is 9.14. The molecule has 1 atom stereocenters. The van der Waals surface area contributed by atoms with E-state index in [1.807, 2.05) is 27.7 Å².